The molecule has 0 bridgehead atoms. The Balaban J connectivity index is 2.58. The summed E-state index contributed by atoms with van der Waals surface area (Å²) in [5, 5.41) is 2.61. The second kappa shape index (κ2) is 9.54. The van der Waals surface area contributed by atoms with Crippen LogP contribution in [0.15, 0.2) is 24.3 Å². The van der Waals surface area contributed by atoms with E-state index in [1.807, 2.05) is 13.8 Å². The van der Waals surface area contributed by atoms with E-state index in [2.05, 4.69) is 10.1 Å². The van der Waals surface area contributed by atoms with Gasteiger partial charge in [0, 0.05) is 0 Å². The quantitative estimate of drug-likeness (QED) is 0.724. The maximum absolute atomic E-state index is 12.0. The highest BCUT2D eigenvalue weighted by Crippen LogP contribution is 2.13. The molecule has 0 aromatic heterocycles. The van der Waals surface area contributed by atoms with Crippen molar-refractivity contribution in [3.05, 3.63) is 29.8 Å². The molecule has 1 amide bonds. The fourth-order valence-corrected chi connectivity index (χ4v) is 1.97. The fourth-order valence-electron chi connectivity index (χ4n) is 1.97. The topological polar surface area (TPSA) is 90.9 Å². The van der Waals surface area contributed by atoms with Gasteiger partial charge in [0.15, 0.2) is 6.61 Å². The van der Waals surface area contributed by atoms with Gasteiger partial charge in [-0.05, 0) is 30.2 Å². The highest BCUT2D eigenvalue weighted by molar-refractivity contribution is 5.89. The highest BCUT2D eigenvalue weighted by atomic mass is 16.5. The van der Waals surface area contributed by atoms with Gasteiger partial charge >= 0.3 is 11.9 Å². The lowest BCUT2D eigenvalue weighted by Crippen LogP contribution is -2.47. The van der Waals surface area contributed by atoms with Crippen LogP contribution in [0.5, 0.6) is 5.75 Å². The number of methoxy groups -OCH3 is 2. The zero-order valence-electron chi connectivity index (χ0n) is 14.3. The second-order valence-corrected chi connectivity index (χ2v) is 5.26. The van der Waals surface area contributed by atoms with E-state index in [0.29, 0.717) is 11.3 Å². The van der Waals surface area contributed by atoms with Gasteiger partial charge in [0.1, 0.15) is 11.8 Å². The van der Waals surface area contributed by atoms with Gasteiger partial charge in [0.2, 0.25) is 0 Å². The molecule has 0 aliphatic rings. The van der Waals surface area contributed by atoms with E-state index in [4.69, 9.17) is 9.47 Å². The third kappa shape index (κ3) is 5.57. The zero-order valence-corrected chi connectivity index (χ0v) is 14.3. The number of carbonyl (C=O) groups is 3. The number of carbonyl (C=O) groups excluding carboxylic acids is 3. The van der Waals surface area contributed by atoms with E-state index in [-0.39, 0.29) is 12.5 Å². The minimum Gasteiger partial charge on any atom is -0.484 e. The summed E-state index contributed by atoms with van der Waals surface area (Å²) in [6, 6.07) is 5.49. The van der Waals surface area contributed by atoms with E-state index in [9.17, 15) is 14.4 Å². The van der Waals surface area contributed by atoms with Gasteiger partial charge in [0.05, 0.1) is 19.8 Å². The molecule has 2 atom stereocenters. The summed E-state index contributed by atoms with van der Waals surface area (Å²) in [7, 11) is 2.58. The summed E-state index contributed by atoms with van der Waals surface area (Å²) in [5.41, 5.74) is 0.386. The second-order valence-electron chi connectivity index (χ2n) is 5.26. The van der Waals surface area contributed by atoms with Gasteiger partial charge < -0.3 is 19.5 Å². The van der Waals surface area contributed by atoms with Crippen LogP contribution in [0.3, 0.4) is 0 Å². The Morgan fingerprint density at radius 3 is 2.21 bits per heavy atom. The fraction of sp³-hybridized carbons (Fsp3) is 0.471. The predicted octanol–water partition coefficient (Wildman–Crippen LogP) is 1.56. The van der Waals surface area contributed by atoms with Gasteiger partial charge in [-0.25, -0.2) is 9.59 Å². The molecule has 1 rings (SSSR count). The van der Waals surface area contributed by atoms with Gasteiger partial charge in [-0.1, -0.05) is 20.3 Å². The summed E-state index contributed by atoms with van der Waals surface area (Å²) in [6.45, 7) is 3.53. The van der Waals surface area contributed by atoms with Crippen molar-refractivity contribution >= 4 is 17.8 Å². The number of rotatable bonds is 8. The van der Waals surface area contributed by atoms with Crippen LogP contribution in [0.4, 0.5) is 0 Å². The maximum atomic E-state index is 12.0. The zero-order chi connectivity index (χ0) is 18.1. The van der Waals surface area contributed by atoms with Gasteiger partial charge in [-0.3, -0.25) is 4.79 Å². The van der Waals surface area contributed by atoms with Crippen molar-refractivity contribution in [2.75, 3.05) is 20.8 Å². The normalized spacial score (nSPS) is 12.7. The molecule has 7 heteroatoms. The number of ether oxygens (including phenoxy) is 3. The van der Waals surface area contributed by atoms with Crippen molar-refractivity contribution < 1.29 is 28.6 Å². The van der Waals surface area contributed by atoms with Gasteiger partial charge in [-0.15, -0.1) is 0 Å². The minimum atomic E-state index is -0.710. The number of nitrogens with one attached hydrogen (secondary N) is 1. The molecule has 0 aliphatic carbocycles. The molecule has 1 aromatic rings. The minimum absolute atomic E-state index is 0.0549. The van der Waals surface area contributed by atoms with Crippen molar-refractivity contribution in [1.29, 1.82) is 0 Å². The molecule has 0 unspecified atom stereocenters. The SMILES string of the molecule is CC[C@H](C)[C@@H](NC(=O)COc1ccc(C(=O)OC)cc1)C(=O)OC. The Bertz CT molecular complexity index is 569. The lowest BCUT2D eigenvalue weighted by atomic mass is 9.99. The molecule has 24 heavy (non-hydrogen) atoms. The average molecular weight is 337 g/mol. The Hall–Kier alpha value is -2.57. The van der Waals surface area contributed by atoms with Crippen LogP contribution in [-0.4, -0.2) is 44.7 Å². The van der Waals surface area contributed by atoms with Gasteiger partial charge in [-0.2, -0.15) is 0 Å². The van der Waals surface area contributed by atoms with E-state index >= 15 is 0 Å². The first-order valence-electron chi connectivity index (χ1n) is 7.61. The Morgan fingerprint density at radius 1 is 1.08 bits per heavy atom. The van der Waals surface area contributed by atoms with Crippen LogP contribution in [0.2, 0.25) is 0 Å². The molecular weight excluding hydrogens is 314 g/mol. The average Bonchev–Trinajstić information content (AvgIpc) is 2.62. The number of amides is 1. The molecule has 0 spiro atoms. The van der Waals surface area contributed by atoms with Crippen molar-refractivity contribution in [3.8, 4) is 5.75 Å². The van der Waals surface area contributed by atoms with E-state index in [1.54, 1.807) is 12.1 Å². The summed E-state index contributed by atoms with van der Waals surface area (Å²) >= 11 is 0. The summed E-state index contributed by atoms with van der Waals surface area (Å²) in [4.78, 5) is 35.0. The first-order valence-corrected chi connectivity index (χ1v) is 7.61. The molecule has 0 saturated heterocycles. The van der Waals surface area contributed by atoms with Crippen LogP contribution >= 0.6 is 0 Å². The standard InChI is InChI=1S/C17H23NO6/c1-5-11(2)15(17(21)23-4)18-14(19)10-24-13-8-6-12(7-9-13)16(20)22-3/h6-9,11,15H,5,10H2,1-4H3,(H,18,19)/t11-,15+/m0/s1. The van der Waals surface area contributed by atoms with Crippen LogP contribution in [0.25, 0.3) is 0 Å². The number of hydrogen-bond acceptors (Lipinski definition) is 6. The van der Waals surface area contributed by atoms with Crippen molar-refractivity contribution in [2.45, 2.75) is 26.3 Å². The molecule has 0 saturated carbocycles. The smallest absolute Gasteiger partial charge is 0.337 e. The predicted molar refractivity (Wildman–Crippen MR) is 86.7 cm³/mol. The lowest BCUT2D eigenvalue weighted by molar-refractivity contribution is -0.146. The number of esters is 2. The largest absolute Gasteiger partial charge is 0.484 e. The molecule has 0 aliphatic heterocycles. The molecule has 132 valence electrons. The number of hydrogen-bond donors (Lipinski definition) is 1. The van der Waals surface area contributed by atoms with Crippen LogP contribution in [-0.2, 0) is 19.1 Å². The Labute approximate surface area is 141 Å². The molecule has 0 heterocycles. The van der Waals surface area contributed by atoms with Crippen molar-refractivity contribution in [2.24, 2.45) is 5.92 Å². The molecule has 0 radical (unpaired) electrons. The summed E-state index contributed by atoms with van der Waals surface area (Å²) in [6.07, 6.45) is 0.718. The first kappa shape index (κ1) is 19.5. The number of benzene rings is 1. The first-order chi connectivity index (χ1) is 11.4. The molecule has 1 N–H and O–H groups in total. The monoisotopic (exact) mass is 337 g/mol. The molecule has 7 nitrogen and oxygen atoms in total. The van der Waals surface area contributed by atoms with E-state index in [1.165, 1.54) is 26.4 Å². The van der Waals surface area contributed by atoms with Crippen molar-refractivity contribution in [3.63, 3.8) is 0 Å². The molecule has 1 aromatic carbocycles. The van der Waals surface area contributed by atoms with Crippen molar-refractivity contribution in [1.82, 2.24) is 5.32 Å². The van der Waals surface area contributed by atoms with E-state index < -0.39 is 23.9 Å². The van der Waals surface area contributed by atoms with Gasteiger partial charge in [0.25, 0.3) is 5.91 Å². The van der Waals surface area contributed by atoms with Crippen LogP contribution < -0.4 is 10.1 Å². The van der Waals surface area contributed by atoms with Crippen LogP contribution in [0.1, 0.15) is 30.6 Å². The maximum Gasteiger partial charge on any atom is 0.337 e. The van der Waals surface area contributed by atoms with Crippen LogP contribution in [0, 0.1) is 5.92 Å². The third-order valence-corrected chi connectivity index (χ3v) is 3.63. The van der Waals surface area contributed by atoms with E-state index in [0.717, 1.165) is 6.42 Å². The Morgan fingerprint density at radius 2 is 1.71 bits per heavy atom. The lowest BCUT2D eigenvalue weighted by Gasteiger charge is -2.21. The molecular formula is C17H23NO6. The third-order valence-electron chi connectivity index (χ3n) is 3.63. The summed E-state index contributed by atoms with van der Waals surface area (Å²) < 4.78 is 14.7. The summed E-state index contributed by atoms with van der Waals surface area (Å²) in [5.74, 6) is -0.992. The highest BCUT2D eigenvalue weighted by Gasteiger charge is 2.26. The Kier molecular flexibility index (Phi) is 7.74. The molecule has 0 fully saturated rings.